The average Bonchev–Trinajstić information content (AvgIpc) is 3.21. The Hall–Kier alpha value is -3.02. The topological polar surface area (TPSA) is 91.9 Å². The molecule has 0 fully saturated rings. The fourth-order valence-electron chi connectivity index (χ4n) is 2.53. The summed E-state index contributed by atoms with van der Waals surface area (Å²) in [5.41, 5.74) is 2.12. The number of nitriles is 1. The molecule has 0 bridgehead atoms. The Bertz CT molecular complexity index is 1020. The van der Waals surface area contributed by atoms with Crippen LogP contribution in [0.1, 0.15) is 24.1 Å². The normalized spacial score (nSPS) is 12.7. The van der Waals surface area contributed by atoms with Crippen LogP contribution in [0.3, 0.4) is 0 Å². The molecule has 3 aromatic rings. The summed E-state index contributed by atoms with van der Waals surface area (Å²) in [6.07, 6.45) is 3.05. The van der Waals surface area contributed by atoms with Gasteiger partial charge in [-0.25, -0.2) is 18.1 Å². The van der Waals surface area contributed by atoms with Gasteiger partial charge in [-0.3, -0.25) is 0 Å². The molecule has 132 valence electrons. The van der Waals surface area contributed by atoms with Gasteiger partial charge < -0.3 is 0 Å². The lowest BCUT2D eigenvalue weighted by atomic mass is 10.1. The highest BCUT2D eigenvalue weighted by Crippen LogP contribution is 2.26. The van der Waals surface area contributed by atoms with Crippen molar-refractivity contribution in [2.24, 2.45) is 0 Å². The molecule has 7 nitrogen and oxygen atoms in total. The Balaban J connectivity index is 1.84. The molecule has 2 aromatic carbocycles. The second-order valence-electron chi connectivity index (χ2n) is 5.76. The van der Waals surface area contributed by atoms with Gasteiger partial charge in [-0.2, -0.15) is 14.7 Å². The van der Waals surface area contributed by atoms with Crippen LogP contribution in [0.4, 0.5) is 0 Å². The van der Waals surface area contributed by atoms with Crippen molar-refractivity contribution in [3.8, 4) is 11.8 Å². The predicted molar refractivity (Wildman–Crippen MR) is 95.9 cm³/mol. The van der Waals surface area contributed by atoms with Crippen molar-refractivity contribution in [1.29, 1.82) is 5.26 Å². The molecule has 1 aromatic heterocycles. The number of hydrogen-bond acceptors (Lipinski definition) is 5. The number of sulfonamides is 1. The molecule has 1 atom stereocenters. The molecule has 0 saturated heterocycles. The molecule has 0 unspecified atom stereocenters. The largest absolute Gasteiger partial charge is 0.243 e. The van der Waals surface area contributed by atoms with Crippen molar-refractivity contribution >= 4 is 10.0 Å². The maximum atomic E-state index is 12.8. The number of benzene rings is 2. The molecular formula is C18H17N5O2S. The summed E-state index contributed by atoms with van der Waals surface area (Å²) >= 11 is 0. The van der Waals surface area contributed by atoms with Crippen molar-refractivity contribution < 1.29 is 8.42 Å². The van der Waals surface area contributed by atoms with Crippen molar-refractivity contribution in [3.05, 3.63) is 72.3 Å². The van der Waals surface area contributed by atoms with E-state index in [-0.39, 0.29) is 10.9 Å². The summed E-state index contributed by atoms with van der Waals surface area (Å²) in [6.45, 7) is 1.83. The summed E-state index contributed by atoms with van der Waals surface area (Å²) in [6, 6.07) is 15.0. The Morgan fingerprint density at radius 3 is 2.31 bits per heavy atom. The lowest BCUT2D eigenvalue weighted by Crippen LogP contribution is -2.29. The summed E-state index contributed by atoms with van der Waals surface area (Å²) in [4.78, 5) is 4.06. The monoisotopic (exact) mass is 367 g/mol. The number of rotatable bonds is 5. The van der Waals surface area contributed by atoms with Gasteiger partial charge in [0.05, 0.1) is 22.2 Å². The first-order valence-electron chi connectivity index (χ1n) is 7.86. The molecule has 0 N–H and O–H groups in total. The smallest absolute Gasteiger partial charge is 0.223 e. The van der Waals surface area contributed by atoms with Crippen molar-refractivity contribution in [2.45, 2.75) is 17.9 Å². The standard InChI is InChI=1S/C18H17N5O2S/c1-14(16-5-7-17(8-6-16)23-13-20-12-21-23)22(2)26(24,25)18-9-3-15(11-19)4-10-18/h3-10,12-14H,1-2H3/t14-/m0/s1. The van der Waals surface area contributed by atoms with Gasteiger partial charge >= 0.3 is 0 Å². The van der Waals surface area contributed by atoms with Crippen LogP contribution in [0, 0.1) is 11.3 Å². The van der Waals surface area contributed by atoms with Crippen LogP contribution in [0.15, 0.2) is 66.1 Å². The predicted octanol–water partition coefficient (Wildman–Crippen LogP) is 2.52. The Morgan fingerprint density at radius 2 is 1.77 bits per heavy atom. The summed E-state index contributed by atoms with van der Waals surface area (Å²) < 4.78 is 28.6. The zero-order chi connectivity index (χ0) is 18.7. The second kappa shape index (κ2) is 7.07. The van der Waals surface area contributed by atoms with E-state index in [0.717, 1.165) is 11.3 Å². The van der Waals surface area contributed by atoms with E-state index in [4.69, 9.17) is 5.26 Å². The minimum absolute atomic E-state index is 0.157. The minimum atomic E-state index is -3.67. The molecule has 0 spiro atoms. The van der Waals surface area contributed by atoms with E-state index >= 15 is 0 Å². The third kappa shape index (κ3) is 3.35. The third-order valence-corrected chi connectivity index (χ3v) is 6.21. The summed E-state index contributed by atoms with van der Waals surface area (Å²) in [5.74, 6) is 0. The van der Waals surface area contributed by atoms with Crippen LogP contribution in [-0.2, 0) is 10.0 Å². The molecule has 1 heterocycles. The second-order valence-corrected chi connectivity index (χ2v) is 7.76. The Labute approximate surface area is 152 Å². The van der Waals surface area contributed by atoms with Crippen LogP contribution in [0.25, 0.3) is 5.69 Å². The zero-order valence-corrected chi connectivity index (χ0v) is 15.1. The van der Waals surface area contributed by atoms with E-state index in [1.54, 1.807) is 18.1 Å². The first-order valence-corrected chi connectivity index (χ1v) is 9.30. The molecule has 3 rings (SSSR count). The Kier molecular flexibility index (Phi) is 4.84. The molecule has 0 aliphatic rings. The number of hydrogen-bond donors (Lipinski definition) is 0. The maximum Gasteiger partial charge on any atom is 0.243 e. The van der Waals surface area contributed by atoms with Gasteiger partial charge in [0.25, 0.3) is 0 Å². The third-order valence-electron chi connectivity index (χ3n) is 4.26. The van der Waals surface area contributed by atoms with E-state index in [0.29, 0.717) is 5.56 Å². The van der Waals surface area contributed by atoms with E-state index < -0.39 is 10.0 Å². The molecule has 0 saturated carbocycles. The average molecular weight is 367 g/mol. The first-order chi connectivity index (χ1) is 12.4. The fraction of sp³-hybridized carbons (Fsp3) is 0.167. The van der Waals surface area contributed by atoms with E-state index in [2.05, 4.69) is 10.1 Å². The highest BCUT2D eigenvalue weighted by molar-refractivity contribution is 7.89. The molecule has 26 heavy (non-hydrogen) atoms. The minimum Gasteiger partial charge on any atom is -0.223 e. The summed E-state index contributed by atoms with van der Waals surface area (Å²) in [7, 11) is -2.12. The van der Waals surface area contributed by atoms with Gasteiger partial charge in [0.2, 0.25) is 10.0 Å². The molecule has 0 radical (unpaired) electrons. The van der Waals surface area contributed by atoms with Crippen LogP contribution < -0.4 is 0 Å². The number of aromatic nitrogens is 3. The molecule has 8 heteroatoms. The quantitative estimate of drug-likeness (QED) is 0.691. The maximum absolute atomic E-state index is 12.8. The highest BCUT2D eigenvalue weighted by Gasteiger charge is 2.26. The highest BCUT2D eigenvalue weighted by atomic mass is 32.2. The fourth-order valence-corrected chi connectivity index (χ4v) is 3.88. The van der Waals surface area contributed by atoms with Crippen molar-refractivity contribution in [2.75, 3.05) is 7.05 Å². The van der Waals surface area contributed by atoms with Gasteiger partial charge in [0.1, 0.15) is 12.7 Å². The van der Waals surface area contributed by atoms with Crippen LogP contribution >= 0.6 is 0 Å². The van der Waals surface area contributed by atoms with Gasteiger partial charge in [-0.15, -0.1) is 0 Å². The van der Waals surface area contributed by atoms with Crippen LogP contribution in [-0.4, -0.2) is 34.5 Å². The molecule has 0 amide bonds. The van der Waals surface area contributed by atoms with Crippen molar-refractivity contribution in [3.63, 3.8) is 0 Å². The van der Waals surface area contributed by atoms with Gasteiger partial charge in [0.15, 0.2) is 0 Å². The van der Waals surface area contributed by atoms with Gasteiger partial charge in [-0.1, -0.05) is 12.1 Å². The lowest BCUT2D eigenvalue weighted by molar-refractivity contribution is 0.398. The van der Waals surface area contributed by atoms with Crippen LogP contribution in [0.5, 0.6) is 0 Å². The van der Waals surface area contributed by atoms with E-state index in [1.807, 2.05) is 37.3 Å². The van der Waals surface area contributed by atoms with Gasteiger partial charge in [-0.05, 0) is 48.9 Å². The SMILES string of the molecule is C[C@@H](c1ccc(-n2cncn2)cc1)N(C)S(=O)(=O)c1ccc(C#N)cc1. The molecule has 0 aliphatic heterocycles. The van der Waals surface area contributed by atoms with E-state index in [1.165, 1.54) is 34.9 Å². The first kappa shape index (κ1) is 17.8. The van der Waals surface area contributed by atoms with E-state index in [9.17, 15) is 8.42 Å². The lowest BCUT2D eigenvalue weighted by Gasteiger charge is -2.25. The molecular weight excluding hydrogens is 350 g/mol. The van der Waals surface area contributed by atoms with Crippen molar-refractivity contribution in [1.82, 2.24) is 19.1 Å². The zero-order valence-electron chi connectivity index (χ0n) is 14.3. The number of nitrogens with zero attached hydrogens (tertiary/aromatic N) is 5. The molecule has 0 aliphatic carbocycles. The summed E-state index contributed by atoms with van der Waals surface area (Å²) in [5, 5.41) is 12.9. The van der Waals surface area contributed by atoms with Crippen LogP contribution in [0.2, 0.25) is 0 Å². The van der Waals surface area contributed by atoms with Gasteiger partial charge in [0, 0.05) is 13.1 Å². The Morgan fingerprint density at radius 1 is 1.12 bits per heavy atom.